The number of nitrogens with one attached hydrogen (secondary N) is 1. The van der Waals surface area contributed by atoms with Gasteiger partial charge in [-0.05, 0) is 5.92 Å². The summed E-state index contributed by atoms with van der Waals surface area (Å²) in [5.41, 5.74) is 0. The first kappa shape index (κ1) is 12.5. The van der Waals surface area contributed by atoms with Crippen LogP contribution in [0.25, 0.3) is 0 Å². The van der Waals surface area contributed by atoms with Gasteiger partial charge in [0.1, 0.15) is 6.54 Å². The smallest absolute Gasteiger partial charge is 0.418 e. The molecule has 0 spiro atoms. The number of carbonyl (C=O) groups is 1. The predicted molar refractivity (Wildman–Crippen MR) is 52.0 cm³/mol. The van der Waals surface area contributed by atoms with Crippen LogP contribution in [0.3, 0.4) is 0 Å². The van der Waals surface area contributed by atoms with E-state index in [2.05, 4.69) is 18.9 Å². The lowest BCUT2D eigenvalue weighted by Gasteiger charge is -2.11. The molecular formula is C8H17NO3P+. The Balaban J connectivity index is 3.49. The van der Waals surface area contributed by atoms with E-state index in [9.17, 15) is 9.36 Å². The lowest BCUT2D eigenvalue weighted by molar-refractivity contribution is -0.143. The van der Waals surface area contributed by atoms with E-state index >= 15 is 0 Å². The van der Waals surface area contributed by atoms with Crippen LogP contribution in [-0.2, 0) is 14.1 Å². The van der Waals surface area contributed by atoms with Gasteiger partial charge >= 0.3 is 14.6 Å². The zero-order valence-corrected chi connectivity index (χ0v) is 9.13. The van der Waals surface area contributed by atoms with Gasteiger partial charge in [-0.15, -0.1) is 0 Å². The van der Waals surface area contributed by atoms with Crippen molar-refractivity contribution in [2.24, 2.45) is 5.92 Å². The van der Waals surface area contributed by atoms with Crippen molar-refractivity contribution in [2.45, 2.75) is 26.7 Å². The molecule has 1 unspecified atom stereocenters. The Morgan fingerprint density at radius 3 is 2.54 bits per heavy atom. The molecule has 0 radical (unpaired) electrons. The third-order valence-corrected chi connectivity index (χ3v) is 2.26. The zero-order chi connectivity index (χ0) is 10.1. The fraction of sp³-hybridized carbons (Fsp3) is 0.875. The van der Waals surface area contributed by atoms with Crippen molar-refractivity contribution in [1.29, 1.82) is 0 Å². The third kappa shape index (κ3) is 6.67. The predicted octanol–water partition coefficient (Wildman–Crippen LogP) is 1.49. The maximum atomic E-state index is 10.9. The highest BCUT2D eigenvalue weighted by molar-refractivity contribution is 7.21. The molecule has 0 aromatic carbocycles. The summed E-state index contributed by atoms with van der Waals surface area (Å²) in [6.45, 7) is 4.64. The summed E-state index contributed by atoms with van der Waals surface area (Å²) in [6.07, 6.45) is 2.03. The summed E-state index contributed by atoms with van der Waals surface area (Å²) in [7, 11) is -0.651. The summed E-state index contributed by atoms with van der Waals surface area (Å²) >= 11 is 0. The third-order valence-electron chi connectivity index (χ3n) is 1.94. The number of hydrogen-bond donors (Lipinski definition) is 1. The van der Waals surface area contributed by atoms with E-state index in [1.54, 1.807) is 0 Å². The number of esters is 1. The number of hydrogen-bond acceptors (Lipinski definition) is 3. The molecule has 0 aliphatic heterocycles. The first-order valence-electron chi connectivity index (χ1n) is 4.50. The van der Waals surface area contributed by atoms with E-state index in [1.807, 2.05) is 0 Å². The summed E-state index contributed by atoms with van der Waals surface area (Å²) in [5, 5.41) is 2.41. The van der Waals surface area contributed by atoms with Crippen molar-refractivity contribution >= 4 is 14.6 Å². The van der Waals surface area contributed by atoms with E-state index in [0.29, 0.717) is 12.5 Å². The minimum Gasteiger partial charge on any atom is -0.464 e. The van der Waals surface area contributed by atoms with Gasteiger partial charge in [0.25, 0.3) is 0 Å². The Hall–Kier alpha value is -0.470. The molecule has 0 aromatic heterocycles. The molecule has 0 bridgehead atoms. The molecule has 76 valence electrons. The average Bonchev–Trinajstić information content (AvgIpc) is 2.16. The van der Waals surface area contributed by atoms with Crippen LogP contribution < -0.4 is 5.09 Å². The Morgan fingerprint density at radius 1 is 1.46 bits per heavy atom. The average molecular weight is 206 g/mol. The Labute approximate surface area is 80.3 Å². The van der Waals surface area contributed by atoms with Gasteiger partial charge in [-0.3, -0.25) is 4.79 Å². The fourth-order valence-electron chi connectivity index (χ4n) is 0.894. The molecule has 0 saturated carbocycles. The lowest BCUT2D eigenvalue weighted by Crippen LogP contribution is -2.20. The summed E-state index contributed by atoms with van der Waals surface area (Å²) in [6, 6.07) is 0. The zero-order valence-electron chi connectivity index (χ0n) is 8.13. The maximum absolute atomic E-state index is 10.9. The highest BCUT2D eigenvalue weighted by Crippen LogP contribution is 2.07. The molecule has 0 rings (SSSR count). The first-order chi connectivity index (χ1) is 6.24. The molecule has 4 nitrogen and oxygen atoms in total. The molecule has 13 heavy (non-hydrogen) atoms. The monoisotopic (exact) mass is 206 g/mol. The summed E-state index contributed by atoms with van der Waals surface area (Å²) in [5.74, 6) is 0.105. The first-order valence-corrected chi connectivity index (χ1v) is 5.41. The summed E-state index contributed by atoms with van der Waals surface area (Å²) in [4.78, 5) is 10.9. The fourth-order valence-corrected chi connectivity index (χ4v) is 1.11. The second-order valence-electron chi connectivity index (χ2n) is 2.82. The maximum Gasteiger partial charge on any atom is 0.418 e. The minimum absolute atomic E-state index is 0.0299. The van der Waals surface area contributed by atoms with Crippen LogP contribution >= 0.6 is 8.61 Å². The molecule has 0 aliphatic carbocycles. The lowest BCUT2D eigenvalue weighted by atomic mass is 10.1. The van der Waals surface area contributed by atoms with Gasteiger partial charge < -0.3 is 4.74 Å². The molecule has 0 aromatic rings. The van der Waals surface area contributed by atoms with Crippen LogP contribution in [0.2, 0.25) is 0 Å². The molecule has 1 N–H and O–H groups in total. The minimum atomic E-state index is -0.651. The number of rotatable bonds is 7. The molecule has 0 aliphatic rings. The molecule has 0 saturated heterocycles. The van der Waals surface area contributed by atoms with Crippen molar-refractivity contribution in [2.75, 3.05) is 13.2 Å². The molecule has 5 heteroatoms. The van der Waals surface area contributed by atoms with Crippen molar-refractivity contribution in [3.05, 3.63) is 0 Å². The van der Waals surface area contributed by atoms with E-state index in [-0.39, 0.29) is 12.5 Å². The van der Waals surface area contributed by atoms with Gasteiger partial charge in [-0.2, -0.15) is 0 Å². The van der Waals surface area contributed by atoms with Crippen molar-refractivity contribution < 1.29 is 14.1 Å². The molecule has 0 fully saturated rings. The van der Waals surface area contributed by atoms with Crippen LogP contribution in [0, 0.1) is 5.92 Å². The molecule has 0 amide bonds. The Bertz CT molecular complexity index is 159. The second-order valence-corrected chi connectivity index (χ2v) is 3.38. The van der Waals surface area contributed by atoms with Crippen molar-refractivity contribution in [1.82, 2.24) is 5.09 Å². The van der Waals surface area contributed by atoms with E-state index in [1.165, 1.54) is 0 Å². The van der Waals surface area contributed by atoms with Crippen LogP contribution in [-0.4, -0.2) is 19.1 Å². The van der Waals surface area contributed by atoms with Crippen LogP contribution in [0.1, 0.15) is 26.7 Å². The SMILES string of the molecule is CCC(CC)COC(=O)CN[PH+]=O. The second kappa shape index (κ2) is 8.14. The van der Waals surface area contributed by atoms with E-state index in [0.717, 1.165) is 12.8 Å². The molecular weight excluding hydrogens is 189 g/mol. The van der Waals surface area contributed by atoms with Gasteiger partial charge in [0.15, 0.2) is 0 Å². The van der Waals surface area contributed by atoms with Crippen LogP contribution in [0.4, 0.5) is 0 Å². The highest BCUT2D eigenvalue weighted by atomic mass is 31.1. The standard InChI is InChI=1S/C8H16NO3P/c1-3-7(4-2)6-12-8(10)5-9-13-11/h7H,3-6H2,1-2H3,(H,9,11)/p+1. The number of ether oxygens (including phenoxy) is 1. The quantitative estimate of drug-likeness (QED) is 0.506. The van der Waals surface area contributed by atoms with Gasteiger partial charge in [0, 0.05) is 0 Å². The van der Waals surface area contributed by atoms with Gasteiger partial charge in [0.05, 0.1) is 6.61 Å². The normalized spacial score (nSPS) is 10.7. The largest absolute Gasteiger partial charge is 0.464 e. The molecule has 1 atom stereocenters. The van der Waals surface area contributed by atoms with E-state index in [4.69, 9.17) is 4.74 Å². The summed E-state index contributed by atoms with van der Waals surface area (Å²) < 4.78 is 14.9. The number of carbonyl (C=O) groups excluding carboxylic acids is 1. The Morgan fingerprint density at radius 2 is 2.08 bits per heavy atom. The van der Waals surface area contributed by atoms with Gasteiger partial charge in [0.2, 0.25) is 0 Å². The highest BCUT2D eigenvalue weighted by Gasteiger charge is 2.08. The van der Waals surface area contributed by atoms with Crippen LogP contribution in [0.5, 0.6) is 0 Å². The van der Waals surface area contributed by atoms with Crippen molar-refractivity contribution in [3.8, 4) is 0 Å². The van der Waals surface area contributed by atoms with Crippen molar-refractivity contribution in [3.63, 3.8) is 0 Å². The Kier molecular flexibility index (Phi) is 7.85. The van der Waals surface area contributed by atoms with Gasteiger partial charge in [-0.1, -0.05) is 36.3 Å². The molecule has 0 heterocycles. The van der Waals surface area contributed by atoms with Gasteiger partial charge in [-0.25, -0.2) is 0 Å². The topological polar surface area (TPSA) is 55.4 Å². The van der Waals surface area contributed by atoms with E-state index < -0.39 is 8.61 Å². The van der Waals surface area contributed by atoms with Crippen LogP contribution in [0.15, 0.2) is 0 Å².